The predicted molar refractivity (Wildman–Crippen MR) is 145 cm³/mol. The van der Waals surface area contributed by atoms with E-state index in [1.165, 1.54) is 4.90 Å². The van der Waals surface area contributed by atoms with Crippen molar-refractivity contribution in [3.63, 3.8) is 0 Å². The van der Waals surface area contributed by atoms with Gasteiger partial charge in [0.25, 0.3) is 5.91 Å². The molecule has 1 amide bonds. The van der Waals surface area contributed by atoms with E-state index in [0.717, 1.165) is 53.5 Å². The number of carboxylic acids is 1. The van der Waals surface area contributed by atoms with E-state index < -0.39 is 23.7 Å². The number of hydrogen-bond donors (Lipinski definition) is 1. The molecule has 6 nitrogen and oxygen atoms in total. The first kappa shape index (κ1) is 26.0. The summed E-state index contributed by atoms with van der Waals surface area (Å²) in [5.74, 6) is -0.632. The minimum absolute atomic E-state index is 0.182. The van der Waals surface area contributed by atoms with Crippen molar-refractivity contribution in [2.75, 3.05) is 0 Å². The second kappa shape index (κ2) is 11.0. The molecule has 0 radical (unpaired) electrons. The molecular formula is C32H35NO5. The highest BCUT2D eigenvalue weighted by molar-refractivity contribution is 5.88. The van der Waals surface area contributed by atoms with E-state index in [-0.39, 0.29) is 18.9 Å². The lowest BCUT2D eigenvalue weighted by atomic mass is 9.90. The second-order valence-corrected chi connectivity index (χ2v) is 10.7. The van der Waals surface area contributed by atoms with Gasteiger partial charge in [0.05, 0.1) is 5.60 Å². The quantitative estimate of drug-likeness (QED) is 0.400. The van der Waals surface area contributed by atoms with E-state index in [9.17, 15) is 14.7 Å². The highest BCUT2D eigenvalue weighted by Gasteiger charge is 2.42. The molecule has 0 aromatic heterocycles. The van der Waals surface area contributed by atoms with Crippen molar-refractivity contribution in [2.24, 2.45) is 0 Å². The number of aryl methyl sites for hydroxylation is 1. The van der Waals surface area contributed by atoms with Crippen LogP contribution in [0.1, 0.15) is 66.5 Å². The van der Waals surface area contributed by atoms with Gasteiger partial charge in [-0.25, -0.2) is 4.79 Å². The Morgan fingerprint density at radius 2 is 1.66 bits per heavy atom. The summed E-state index contributed by atoms with van der Waals surface area (Å²) < 4.78 is 12.8. The van der Waals surface area contributed by atoms with Crippen molar-refractivity contribution in [1.82, 2.24) is 4.90 Å². The van der Waals surface area contributed by atoms with Gasteiger partial charge >= 0.3 is 5.97 Å². The number of nitrogens with zero attached hydrogens (tertiary/aromatic N) is 1. The Balaban J connectivity index is 1.46. The molecule has 3 aromatic carbocycles. The molecule has 5 rings (SSSR count). The maximum atomic E-state index is 14.1. The summed E-state index contributed by atoms with van der Waals surface area (Å²) in [6.07, 6.45) is 3.22. The van der Waals surface area contributed by atoms with Gasteiger partial charge in [0, 0.05) is 18.5 Å². The highest BCUT2D eigenvalue weighted by atomic mass is 16.5. The fourth-order valence-electron chi connectivity index (χ4n) is 5.70. The molecule has 3 aromatic rings. The summed E-state index contributed by atoms with van der Waals surface area (Å²) in [7, 11) is 0. The summed E-state index contributed by atoms with van der Waals surface area (Å²) in [5, 5.41) is 10.3. The SMILES string of the molecule is Cc1ccc2c(c1OCc1ccccc1)C[C@@H](C(=O)O)N(C(=O)[C@H](OC1(C)CCCC1)c1ccccc1)C2. The number of fused-ring (bicyclic) bond motifs is 1. The number of hydrogen-bond acceptors (Lipinski definition) is 4. The van der Waals surface area contributed by atoms with Crippen LogP contribution in [0.4, 0.5) is 0 Å². The molecule has 1 aliphatic heterocycles. The lowest BCUT2D eigenvalue weighted by Crippen LogP contribution is -2.51. The number of ether oxygens (including phenoxy) is 2. The summed E-state index contributed by atoms with van der Waals surface area (Å²) in [6.45, 7) is 4.61. The normalized spacial score (nSPS) is 19.0. The third-order valence-electron chi connectivity index (χ3n) is 7.85. The van der Waals surface area contributed by atoms with Crippen LogP contribution in [0.25, 0.3) is 0 Å². The molecule has 2 atom stereocenters. The van der Waals surface area contributed by atoms with Crippen LogP contribution in [0.2, 0.25) is 0 Å². The maximum Gasteiger partial charge on any atom is 0.326 e. The van der Waals surface area contributed by atoms with E-state index >= 15 is 0 Å². The van der Waals surface area contributed by atoms with Crippen LogP contribution in [0, 0.1) is 6.92 Å². The van der Waals surface area contributed by atoms with Gasteiger partial charge in [0.1, 0.15) is 18.4 Å². The van der Waals surface area contributed by atoms with Gasteiger partial charge in [0.15, 0.2) is 6.10 Å². The van der Waals surface area contributed by atoms with Crippen molar-refractivity contribution in [2.45, 2.75) is 76.9 Å². The molecular weight excluding hydrogens is 478 g/mol. The van der Waals surface area contributed by atoms with Gasteiger partial charge in [-0.2, -0.15) is 0 Å². The first-order chi connectivity index (χ1) is 18.3. The summed E-state index contributed by atoms with van der Waals surface area (Å²) in [5.41, 5.74) is 4.09. The van der Waals surface area contributed by atoms with Crippen molar-refractivity contribution < 1.29 is 24.2 Å². The van der Waals surface area contributed by atoms with E-state index in [1.807, 2.05) is 79.7 Å². The Kier molecular flexibility index (Phi) is 7.52. The molecule has 0 saturated heterocycles. The molecule has 1 N–H and O–H groups in total. The third-order valence-corrected chi connectivity index (χ3v) is 7.85. The van der Waals surface area contributed by atoms with E-state index in [2.05, 4.69) is 6.92 Å². The van der Waals surface area contributed by atoms with E-state index in [1.54, 1.807) is 0 Å². The summed E-state index contributed by atoms with van der Waals surface area (Å²) >= 11 is 0. The molecule has 0 unspecified atom stereocenters. The fraction of sp³-hybridized carbons (Fsp3) is 0.375. The standard InChI is InChI=1S/C32H35NO5/c1-22-15-16-25-20-33(27(31(35)36)19-26(25)28(22)37-21-23-11-5-3-6-12-23)30(34)29(24-13-7-4-8-14-24)38-32(2)17-9-10-18-32/h3-8,11-16,27,29H,9-10,17-21H2,1-2H3,(H,35,36)/t27-,29+/m0/s1. The van der Waals surface area contributed by atoms with Crippen LogP contribution >= 0.6 is 0 Å². The number of amides is 1. The largest absolute Gasteiger partial charge is 0.488 e. The summed E-state index contributed by atoms with van der Waals surface area (Å²) in [6, 6.07) is 22.3. The van der Waals surface area contributed by atoms with E-state index in [4.69, 9.17) is 9.47 Å². The van der Waals surface area contributed by atoms with Crippen molar-refractivity contribution in [1.29, 1.82) is 0 Å². The smallest absolute Gasteiger partial charge is 0.326 e. The highest BCUT2D eigenvalue weighted by Crippen LogP contribution is 2.40. The minimum Gasteiger partial charge on any atom is -0.488 e. The average molecular weight is 514 g/mol. The first-order valence-electron chi connectivity index (χ1n) is 13.4. The maximum absolute atomic E-state index is 14.1. The lowest BCUT2D eigenvalue weighted by molar-refractivity contribution is -0.166. The van der Waals surface area contributed by atoms with Crippen LogP contribution in [-0.4, -0.2) is 33.5 Å². The monoisotopic (exact) mass is 513 g/mol. The Bertz CT molecular complexity index is 1280. The summed E-state index contributed by atoms with van der Waals surface area (Å²) in [4.78, 5) is 28.2. The van der Waals surface area contributed by atoms with Crippen molar-refractivity contribution in [3.05, 3.63) is 101 Å². The average Bonchev–Trinajstić information content (AvgIpc) is 3.37. The van der Waals surface area contributed by atoms with E-state index in [0.29, 0.717) is 12.4 Å². The molecule has 1 saturated carbocycles. The second-order valence-electron chi connectivity index (χ2n) is 10.7. The Labute approximate surface area is 224 Å². The zero-order valence-electron chi connectivity index (χ0n) is 22.1. The molecule has 1 fully saturated rings. The third kappa shape index (κ3) is 5.46. The molecule has 2 aliphatic rings. The number of carbonyl (C=O) groups is 2. The zero-order chi connectivity index (χ0) is 26.7. The van der Waals surface area contributed by atoms with Crippen LogP contribution in [-0.2, 0) is 33.9 Å². The number of aliphatic carboxylic acids is 1. The Hall–Kier alpha value is -3.64. The predicted octanol–water partition coefficient (Wildman–Crippen LogP) is 6.00. The van der Waals surface area contributed by atoms with Gasteiger partial charge in [0.2, 0.25) is 0 Å². The molecule has 198 valence electrons. The lowest BCUT2D eigenvalue weighted by Gasteiger charge is -2.39. The molecule has 38 heavy (non-hydrogen) atoms. The van der Waals surface area contributed by atoms with Gasteiger partial charge < -0.3 is 19.5 Å². The molecule has 6 heteroatoms. The van der Waals surface area contributed by atoms with Crippen LogP contribution < -0.4 is 4.74 Å². The van der Waals surface area contributed by atoms with Crippen molar-refractivity contribution in [3.8, 4) is 5.75 Å². The Morgan fingerprint density at radius 1 is 1.00 bits per heavy atom. The molecule has 0 spiro atoms. The van der Waals surface area contributed by atoms with Crippen LogP contribution in [0.3, 0.4) is 0 Å². The number of carboxylic acid groups (broad SMARTS) is 1. The fourth-order valence-corrected chi connectivity index (χ4v) is 5.70. The Morgan fingerprint density at radius 3 is 2.32 bits per heavy atom. The van der Waals surface area contributed by atoms with Gasteiger partial charge in [-0.3, -0.25) is 4.79 Å². The van der Waals surface area contributed by atoms with Crippen LogP contribution in [0.15, 0.2) is 72.8 Å². The van der Waals surface area contributed by atoms with Gasteiger partial charge in [-0.05, 0) is 48.9 Å². The molecule has 1 heterocycles. The zero-order valence-corrected chi connectivity index (χ0v) is 22.1. The van der Waals surface area contributed by atoms with Gasteiger partial charge in [-0.1, -0.05) is 85.6 Å². The minimum atomic E-state index is -1.03. The number of benzene rings is 3. The van der Waals surface area contributed by atoms with Crippen molar-refractivity contribution >= 4 is 11.9 Å². The first-order valence-corrected chi connectivity index (χ1v) is 13.4. The molecule has 0 bridgehead atoms. The van der Waals surface area contributed by atoms with Crippen LogP contribution in [0.5, 0.6) is 5.75 Å². The van der Waals surface area contributed by atoms with Gasteiger partial charge in [-0.15, -0.1) is 0 Å². The number of carbonyl (C=O) groups excluding carboxylic acids is 1. The molecule has 1 aliphatic carbocycles. The number of rotatable bonds is 8. The topological polar surface area (TPSA) is 76.1 Å².